The van der Waals surface area contributed by atoms with Crippen LogP contribution in [-0.4, -0.2) is 12.2 Å². The van der Waals surface area contributed by atoms with E-state index in [0.29, 0.717) is 25.7 Å². The van der Waals surface area contributed by atoms with E-state index in [0.717, 1.165) is 43.9 Å². The van der Waals surface area contributed by atoms with Gasteiger partial charge in [-0.1, -0.05) is 25.8 Å². The molecular weight excluding hydrogens is 434 g/mol. The van der Waals surface area contributed by atoms with Crippen LogP contribution in [0.3, 0.4) is 0 Å². The lowest BCUT2D eigenvalue weighted by Gasteiger charge is -2.33. The van der Waals surface area contributed by atoms with Crippen LogP contribution in [0.25, 0.3) is 11.1 Å². The molecule has 2 aromatic carbocycles. The molecule has 32 heavy (non-hydrogen) atoms. The van der Waals surface area contributed by atoms with E-state index in [1.54, 1.807) is 0 Å². The van der Waals surface area contributed by atoms with E-state index in [1.807, 2.05) is 0 Å². The van der Waals surface area contributed by atoms with E-state index < -0.39 is 35.5 Å². The average molecular weight is 460 g/mol. The Morgan fingerprint density at radius 1 is 0.875 bits per heavy atom. The maximum Gasteiger partial charge on any atom is 0.400 e. The Balaban J connectivity index is 1.71. The molecule has 2 aromatic rings. The highest BCUT2D eigenvalue weighted by Crippen LogP contribution is 2.41. The molecule has 0 bridgehead atoms. The smallest absolute Gasteiger partial charge is 0.400 e. The van der Waals surface area contributed by atoms with E-state index in [9.17, 15) is 26.3 Å². The summed E-state index contributed by atoms with van der Waals surface area (Å²) in [5.74, 6) is -3.50. The standard InChI is InChI=1S/C24H26F6O2/c1-3-4-15-5-8-17(9-6-15)24(29,30)31-18-10-11-19(20(25)14-18)16-7-12-22(21(26)13-16)32-23(2,27)28/h7,10-15,17H,3-6,8-9H2,1-2H3. The Morgan fingerprint density at radius 3 is 2.12 bits per heavy atom. The Morgan fingerprint density at radius 2 is 1.56 bits per heavy atom. The number of benzene rings is 2. The Labute approximate surface area is 183 Å². The van der Waals surface area contributed by atoms with Gasteiger partial charge in [-0.2, -0.15) is 17.6 Å². The Bertz CT molecular complexity index is 917. The van der Waals surface area contributed by atoms with Gasteiger partial charge in [0.15, 0.2) is 11.6 Å². The number of alkyl halides is 4. The van der Waals surface area contributed by atoms with Crippen LogP contribution in [0.15, 0.2) is 36.4 Å². The minimum absolute atomic E-state index is 0.0410. The number of hydrogen-bond acceptors (Lipinski definition) is 2. The van der Waals surface area contributed by atoms with Gasteiger partial charge in [-0.05, 0) is 61.4 Å². The summed E-state index contributed by atoms with van der Waals surface area (Å²) in [7, 11) is 0. The summed E-state index contributed by atoms with van der Waals surface area (Å²) in [6, 6.07) is 6.17. The molecule has 1 aliphatic rings. The largest absolute Gasteiger partial charge is 0.432 e. The third-order valence-corrected chi connectivity index (χ3v) is 5.75. The molecule has 176 valence electrons. The molecule has 3 rings (SSSR count). The van der Waals surface area contributed by atoms with Crippen LogP contribution in [0.2, 0.25) is 0 Å². The van der Waals surface area contributed by atoms with Gasteiger partial charge in [0.1, 0.15) is 11.6 Å². The molecule has 0 radical (unpaired) electrons. The summed E-state index contributed by atoms with van der Waals surface area (Å²) in [6.45, 7) is 2.54. The second kappa shape index (κ2) is 9.63. The fourth-order valence-electron chi connectivity index (χ4n) is 4.17. The van der Waals surface area contributed by atoms with Crippen molar-refractivity contribution in [2.45, 2.75) is 64.6 Å². The second-order valence-electron chi connectivity index (χ2n) is 8.37. The van der Waals surface area contributed by atoms with Crippen LogP contribution in [0.1, 0.15) is 52.4 Å². The topological polar surface area (TPSA) is 18.5 Å². The van der Waals surface area contributed by atoms with Gasteiger partial charge in [0.2, 0.25) is 0 Å². The Kier molecular flexibility index (Phi) is 7.30. The monoisotopic (exact) mass is 460 g/mol. The summed E-state index contributed by atoms with van der Waals surface area (Å²) in [6.07, 6.45) is -2.81. The number of rotatable bonds is 8. The lowest BCUT2D eigenvalue weighted by molar-refractivity contribution is -0.223. The van der Waals surface area contributed by atoms with Crippen molar-refractivity contribution in [2.75, 3.05) is 0 Å². The molecule has 0 aromatic heterocycles. The minimum Gasteiger partial charge on any atom is -0.432 e. The van der Waals surface area contributed by atoms with E-state index >= 15 is 0 Å². The highest BCUT2D eigenvalue weighted by Gasteiger charge is 2.44. The number of hydrogen-bond donors (Lipinski definition) is 0. The molecule has 0 unspecified atom stereocenters. The van der Waals surface area contributed by atoms with Crippen LogP contribution in [0.5, 0.6) is 11.5 Å². The van der Waals surface area contributed by atoms with Crippen molar-refractivity contribution in [2.24, 2.45) is 11.8 Å². The first-order valence-electron chi connectivity index (χ1n) is 10.7. The minimum atomic E-state index is -3.58. The highest BCUT2D eigenvalue weighted by atomic mass is 19.3. The highest BCUT2D eigenvalue weighted by molar-refractivity contribution is 5.66. The van der Waals surface area contributed by atoms with Crippen LogP contribution in [-0.2, 0) is 0 Å². The van der Waals surface area contributed by atoms with Gasteiger partial charge in [-0.3, -0.25) is 0 Å². The van der Waals surface area contributed by atoms with Gasteiger partial charge < -0.3 is 9.47 Å². The predicted octanol–water partition coefficient (Wildman–Crippen LogP) is 8.20. The molecule has 1 aliphatic carbocycles. The maximum absolute atomic E-state index is 14.6. The maximum atomic E-state index is 14.6. The van der Waals surface area contributed by atoms with Crippen molar-refractivity contribution >= 4 is 0 Å². The molecule has 0 N–H and O–H groups in total. The molecule has 1 saturated carbocycles. The molecule has 1 fully saturated rings. The van der Waals surface area contributed by atoms with Crippen molar-refractivity contribution in [1.82, 2.24) is 0 Å². The molecule has 0 spiro atoms. The average Bonchev–Trinajstić information content (AvgIpc) is 2.69. The molecule has 2 nitrogen and oxygen atoms in total. The first-order valence-corrected chi connectivity index (χ1v) is 10.7. The molecule has 0 aliphatic heterocycles. The van der Waals surface area contributed by atoms with Crippen LogP contribution < -0.4 is 9.47 Å². The summed E-state index contributed by atoms with van der Waals surface area (Å²) < 4.78 is 92.8. The van der Waals surface area contributed by atoms with Crippen molar-refractivity contribution in [1.29, 1.82) is 0 Å². The summed E-state index contributed by atoms with van der Waals surface area (Å²) in [5, 5.41) is 0. The fraction of sp³-hybridized carbons (Fsp3) is 0.500. The van der Waals surface area contributed by atoms with Gasteiger partial charge in [-0.15, -0.1) is 0 Å². The quantitative estimate of drug-likeness (QED) is 0.370. The first kappa shape index (κ1) is 24.3. The molecule has 0 amide bonds. The van der Waals surface area contributed by atoms with Gasteiger partial charge in [0.25, 0.3) is 0 Å². The molecule has 0 atom stereocenters. The van der Waals surface area contributed by atoms with Gasteiger partial charge in [0.05, 0.1) is 5.92 Å². The number of ether oxygens (including phenoxy) is 2. The zero-order valence-electron chi connectivity index (χ0n) is 17.9. The third-order valence-electron chi connectivity index (χ3n) is 5.75. The molecule has 0 heterocycles. The predicted molar refractivity (Wildman–Crippen MR) is 109 cm³/mol. The van der Waals surface area contributed by atoms with E-state index in [1.165, 1.54) is 18.2 Å². The van der Waals surface area contributed by atoms with Gasteiger partial charge >= 0.3 is 12.2 Å². The second-order valence-corrected chi connectivity index (χ2v) is 8.37. The number of halogens is 6. The van der Waals surface area contributed by atoms with Gasteiger partial charge in [0, 0.05) is 18.6 Å². The molecular formula is C24H26F6O2. The van der Waals surface area contributed by atoms with Crippen LogP contribution in [0, 0.1) is 23.5 Å². The Hall–Kier alpha value is -2.38. The normalized spacial score (nSPS) is 19.6. The molecule has 0 saturated heterocycles. The summed E-state index contributed by atoms with van der Waals surface area (Å²) >= 11 is 0. The van der Waals surface area contributed by atoms with Crippen LogP contribution >= 0.6 is 0 Å². The van der Waals surface area contributed by atoms with E-state index in [4.69, 9.17) is 4.74 Å². The fourth-order valence-corrected chi connectivity index (χ4v) is 4.17. The molecule has 8 heteroatoms. The van der Waals surface area contributed by atoms with E-state index in [-0.39, 0.29) is 16.9 Å². The lowest BCUT2D eigenvalue weighted by atomic mass is 9.79. The summed E-state index contributed by atoms with van der Waals surface area (Å²) in [4.78, 5) is 0. The van der Waals surface area contributed by atoms with E-state index in [2.05, 4.69) is 11.7 Å². The zero-order valence-corrected chi connectivity index (χ0v) is 17.9. The summed E-state index contributed by atoms with van der Waals surface area (Å²) in [5.41, 5.74) is -0.0474. The first-order chi connectivity index (χ1) is 15.0. The van der Waals surface area contributed by atoms with Crippen molar-refractivity contribution in [3.8, 4) is 22.6 Å². The van der Waals surface area contributed by atoms with Crippen molar-refractivity contribution in [3.05, 3.63) is 48.0 Å². The van der Waals surface area contributed by atoms with Crippen LogP contribution in [0.4, 0.5) is 26.3 Å². The third kappa shape index (κ3) is 6.11. The lowest BCUT2D eigenvalue weighted by Crippen LogP contribution is -2.37. The SMILES string of the molecule is CCCC1CCC(C(F)(F)Oc2ccc(-c3ccc(OC(C)(F)F)c(F)c3)c(F)c2)CC1. The van der Waals surface area contributed by atoms with Gasteiger partial charge in [-0.25, -0.2) is 8.78 Å². The van der Waals surface area contributed by atoms with Crippen molar-refractivity contribution in [3.63, 3.8) is 0 Å². The zero-order chi connectivity index (χ0) is 23.5. The van der Waals surface area contributed by atoms with Crippen molar-refractivity contribution < 1.29 is 35.8 Å².